The minimum absolute atomic E-state index is 0.108. The molecule has 20 heavy (non-hydrogen) atoms. The van der Waals surface area contributed by atoms with Crippen molar-refractivity contribution >= 4 is 17.9 Å². The van der Waals surface area contributed by atoms with E-state index in [1.165, 1.54) is 0 Å². The van der Waals surface area contributed by atoms with Gasteiger partial charge in [0.25, 0.3) is 0 Å². The topological polar surface area (TPSA) is 78.9 Å². The highest BCUT2D eigenvalue weighted by Gasteiger charge is 2.20. The van der Waals surface area contributed by atoms with E-state index >= 15 is 0 Å². The third-order valence-electron chi connectivity index (χ3n) is 2.34. The highest BCUT2D eigenvalue weighted by molar-refractivity contribution is 5.73. The van der Waals surface area contributed by atoms with Crippen LogP contribution in [0.2, 0.25) is 0 Å². The standard InChI is InChI=1S/C14H24O6/c1-4-7-12(15)19-10-11(9-14(17)18-6-3)20-13(16)8-5-2/h11H,4-10H2,1-3H3. The zero-order valence-corrected chi connectivity index (χ0v) is 12.5. The van der Waals surface area contributed by atoms with Crippen LogP contribution in [0, 0.1) is 0 Å². The number of carbonyl (C=O) groups is 3. The first-order valence-corrected chi connectivity index (χ1v) is 7.04. The number of carbonyl (C=O) groups excluding carboxylic acids is 3. The maximum Gasteiger partial charge on any atom is 0.309 e. The monoisotopic (exact) mass is 288 g/mol. The van der Waals surface area contributed by atoms with Gasteiger partial charge in [-0.1, -0.05) is 13.8 Å². The fourth-order valence-corrected chi connectivity index (χ4v) is 1.45. The van der Waals surface area contributed by atoms with E-state index in [-0.39, 0.29) is 32.0 Å². The van der Waals surface area contributed by atoms with Gasteiger partial charge in [-0.25, -0.2) is 0 Å². The molecule has 0 saturated heterocycles. The molecule has 0 saturated carbocycles. The maximum absolute atomic E-state index is 11.4. The third-order valence-corrected chi connectivity index (χ3v) is 2.34. The second-order valence-corrected chi connectivity index (χ2v) is 4.30. The smallest absolute Gasteiger partial charge is 0.309 e. The van der Waals surface area contributed by atoms with E-state index < -0.39 is 18.0 Å². The van der Waals surface area contributed by atoms with Crippen molar-refractivity contribution in [1.82, 2.24) is 0 Å². The highest BCUT2D eigenvalue weighted by atomic mass is 16.6. The van der Waals surface area contributed by atoms with E-state index in [1.807, 2.05) is 13.8 Å². The Balaban J connectivity index is 4.33. The van der Waals surface area contributed by atoms with Crippen LogP contribution in [0.1, 0.15) is 52.9 Å². The molecule has 0 spiro atoms. The van der Waals surface area contributed by atoms with Gasteiger partial charge in [-0.2, -0.15) is 0 Å². The largest absolute Gasteiger partial charge is 0.466 e. The molecule has 0 heterocycles. The predicted molar refractivity (Wildman–Crippen MR) is 71.9 cm³/mol. The summed E-state index contributed by atoms with van der Waals surface area (Å²) >= 11 is 0. The van der Waals surface area contributed by atoms with Crippen molar-refractivity contribution in [3.05, 3.63) is 0 Å². The van der Waals surface area contributed by atoms with Crippen molar-refractivity contribution in [2.75, 3.05) is 13.2 Å². The Bertz CT molecular complexity index is 293. The van der Waals surface area contributed by atoms with Gasteiger partial charge >= 0.3 is 17.9 Å². The molecule has 0 fully saturated rings. The van der Waals surface area contributed by atoms with Crippen LogP contribution in [0.15, 0.2) is 0 Å². The van der Waals surface area contributed by atoms with E-state index in [2.05, 4.69) is 0 Å². The molecule has 0 radical (unpaired) electrons. The number of esters is 3. The Morgan fingerprint density at radius 2 is 1.45 bits per heavy atom. The van der Waals surface area contributed by atoms with Crippen LogP contribution >= 0.6 is 0 Å². The molecule has 0 aromatic rings. The molecular formula is C14H24O6. The summed E-state index contributed by atoms with van der Waals surface area (Å²) in [6.07, 6.45) is 1.01. The Labute approximate surface area is 119 Å². The summed E-state index contributed by atoms with van der Waals surface area (Å²) in [5.41, 5.74) is 0. The molecule has 0 amide bonds. The predicted octanol–water partition coefficient (Wildman–Crippen LogP) is 1.99. The average molecular weight is 288 g/mol. The first kappa shape index (κ1) is 18.4. The van der Waals surface area contributed by atoms with E-state index in [9.17, 15) is 14.4 Å². The van der Waals surface area contributed by atoms with Crippen molar-refractivity contribution in [2.45, 2.75) is 59.0 Å². The van der Waals surface area contributed by atoms with Crippen molar-refractivity contribution < 1.29 is 28.6 Å². The molecule has 6 heteroatoms. The van der Waals surface area contributed by atoms with Crippen molar-refractivity contribution in [2.24, 2.45) is 0 Å². The van der Waals surface area contributed by atoms with Gasteiger partial charge < -0.3 is 14.2 Å². The van der Waals surface area contributed by atoms with E-state index in [1.54, 1.807) is 6.92 Å². The third kappa shape index (κ3) is 9.35. The van der Waals surface area contributed by atoms with Gasteiger partial charge in [-0.05, 0) is 19.8 Å². The lowest BCUT2D eigenvalue weighted by Gasteiger charge is -2.17. The molecule has 116 valence electrons. The molecule has 0 aliphatic heterocycles. The summed E-state index contributed by atoms with van der Waals surface area (Å²) < 4.78 is 14.9. The Morgan fingerprint density at radius 1 is 0.850 bits per heavy atom. The number of rotatable bonds is 10. The second kappa shape index (κ2) is 11.3. The van der Waals surface area contributed by atoms with Crippen LogP contribution in [-0.4, -0.2) is 37.2 Å². The van der Waals surface area contributed by atoms with E-state index in [4.69, 9.17) is 14.2 Å². The van der Waals surface area contributed by atoms with Crippen molar-refractivity contribution in [3.8, 4) is 0 Å². The summed E-state index contributed by atoms with van der Waals surface area (Å²) in [5.74, 6) is -1.26. The number of hydrogen-bond donors (Lipinski definition) is 0. The number of ether oxygens (including phenoxy) is 3. The van der Waals surface area contributed by atoms with Gasteiger partial charge in [-0.15, -0.1) is 0 Å². The fraction of sp³-hybridized carbons (Fsp3) is 0.786. The molecule has 0 N–H and O–H groups in total. The lowest BCUT2D eigenvalue weighted by atomic mass is 10.2. The minimum atomic E-state index is -0.783. The number of hydrogen-bond acceptors (Lipinski definition) is 6. The van der Waals surface area contributed by atoms with Crippen LogP contribution in [0.3, 0.4) is 0 Å². The van der Waals surface area contributed by atoms with Crippen LogP contribution in [0.4, 0.5) is 0 Å². The summed E-state index contributed by atoms with van der Waals surface area (Å²) in [7, 11) is 0. The van der Waals surface area contributed by atoms with Crippen LogP contribution < -0.4 is 0 Å². The fourth-order valence-electron chi connectivity index (χ4n) is 1.45. The van der Waals surface area contributed by atoms with Crippen molar-refractivity contribution in [1.29, 1.82) is 0 Å². The Morgan fingerprint density at radius 3 is 2.00 bits per heavy atom. The molecule has 6 nitrogen and oxygen atoms in total. The Kier molecular flexibility index (Phi) is 10.4. The summed E-state index contributed by atoms with van der Waals surface area (Å²) in [4.78, 5) is 34.1. The maximum atomic E-state index is 11.4. The molecule has 0 aliphatic carbocycles. The molecule has 0 rings (SSSR count). The van der Waals surface area contributed by atoms with Gasteiger partial charge in [0.15, 0.2) is 0 Å². The first-order chi connectivity index (χ1) is 9.53. The average Bonchev–Trinajstić information content (AvgIpc) is 2.37. The van der Waals surface area contributed by atoms with E-state index in [0.29, 0.717) is 19.3 Å². The van der Waals surface area contributed by atoms with Gasteiger partial charge in [0.2, 0.25) is 0 Å². The first-order valence-electron chi connectivity index (χ1n) is 7.04. The SMILES string of the molecule is CCCC(=O)OCC(CC(=O)OCC)OC(=O)CCC. The van der Waals surface area contributed by atoms with Gasteiger partial charge in [0.1, 0.15) is 12.7 Å². The molecule has 1 unspecified atom stereocenters. The van der Waals surface area contributed by atoms with Gasteiger partial charge in [0.05, 0.1) is 13.0 Å². The zero-order valence-electron chi connectivity index (χ0n) is 12.5. The molecular weight excluding hydrogens is 264 g/mol. The van der Waals surface area contributed by atoms with E-state index in [0.717, 1.165) is 0 Å². The zero-order chi connectivity index (χ0) is 15.4. The lowest BCUT2D eigenvalue weighted by Crippen LogP contribution is -2.28. The van der Waals surface area contributed by atoms with Crippen molar-refractivity contribution in [3.63, 3.8) is 0 Å². The lowest BCUT2D eigenvalue weighted by molar-refractivity contribution is -0.163. The molecule has 1 atom stereocenters. The summed E-state index contributed by atoms with van der Waals surface area (Å²) in [6, 6.07) is 0. The molecule has 0 aromatic heterocycles. The summed E-state index contributed by atoms with van der Waals surface area (Å²) in [6.45, 7) is 5.54. The highest BCUT2D eigenvalue weighted by Crippen LogP contribution is 2.06. The Hall–Kier alpha value is -1.59. The van der Waals surface area contributed by atoms with Gasteiger partial charge in [-0.3, -0.25) is 14.4 Å². The van der Waals surface area contributed by atoms with Crippen LogP contribution in [0.25, 0.3) is 0 Å². The second-order valence-electron chi connectivity index (χ2n) is 4.30. The van der Waals surface area contributed by atoms with Gasteiger partial charge in [0, 0.05) is 12.8 Å². The van der Waals surface area contributed by atoms with Crippen LogP contribution in [-0.2, 0) is 28.6 Å². The minimum Gasteiger partial charge on any atom is -0.466 e. The summed E-state index contributed by atoms with van der Waals surface area (Å²) in [5, 5.41) is 0. The van der Waals surface area contributed by atoms with Crippen LogP contribution in [0.5, 0.6) is 0 Å². The molecule has 0 bridgehead atoms. The quantitative estimate of drug-likeness (QED) is 0.452. The normalized spacial score (nSPS) is 11.6. The molecule has 0 aliphatic rings. The molecule has 0 aromatic carbocycles.